The average Bonchev–Trinajstić information content (AvgIpc) is 2.15. The SMILES string of the molecule is CCCC(C)CC(C)(N)Cc1cccc(F)c1. The summed E-state index contributed by atoms with van der Waals surface area (Å²) in [5, 5.41) is 0. The zero-order chi connectivity index (χ0) is 12.9. The van der Waals surface area contributed by atoms with Crippen LogP contribution in [0.1, 0.15) is 45.6 Å². The fraction of sp³-hybridized carbons (Fsp3) is 0.600. The number of hydrogen-bond acceptors (Lipinski definition) is 1. The highest BCUT2D eigenvalue weighted by Crippen LogP contribution is 2.22. The summed E-state index contributed by atoms with van der Waals surface area (Å²) in [5.41, 5.74) is 7.04. The molecule has 0 saturated heterocycles. The van der Waals surface area contributed by atoms with E-state index in [1.807, 2.05) is 6.07 Å². The lowest BCUT2D eigenvalue weighted by Gasteiger charge is -2.28. The summed E-state index contributed by atoms with van der Waals surface area (Å²) in [7, 11) is 0. The van der Waals surface area contributed by atoms with E-state index in [4.69, 9.17) is 5.73 Å². The third-order valence-corrected chi connectivity index (χ3v) is 3.09. The first kappa shape index (κ1) is 14.2. The minimum Gasteiger partial charge on any atom is -0.325 e. The lowest BCUT2D eigenvalue weighted by Crippen LogP contribution is -2.40. The van der Waals surface area contributed by atoms with Gasteiger partial charge in [0.2, 0.25) is 0 Å². The molecule has 1 aromatic carbocycles. The molecule has 0 aromatic heterocycles. The van der Waals surface area contributed by atoms with Gasteiger partial charge in [0.15, 0.2) is 0 Å². The van der Waals surface area contributed by atoms with E-state index in [1.54, 1.807) is 12.1 Å². The zero-order valence-electron chi connectivity index (χ0n) is 11.2. The molecule has 1 nitrogen and oxygen atoms in total. The fourth-order valence-electron chi connectivity index (χ4n) is 2.58. The van der Waals surface area contributed by atoms with Gasteiger partial charge in [0.05, 0.1) is 0 Å². The summed E-state index contributed by atoms with van der Waals surface area (Å²) in [6.07, 6.45) is 4.11. The van der Waals surface area contributed by atoms with E-state index in [9.17, 15) is 4.39 Å². The largest absolute Gasteiger partial charge is 0.325 e. The van der Waals surface area contributed by atoms with Crippen LogP contribution in [0.5, 0.6) is 0 Å². The van der Waals surface area contributed by atoms with Gasteiger partial charge in [-0.2, -0.15) is 0 Å². The minimum atomic E-state index is -0.248. The van der Waals surface area contributed by atoms with Crippen LogP contribution in [0.4, 0.5) is 4.39 Å². The molecule has 0 heterocycles. The second-order valence-electron chi connectivity index (χ2n) is 5.56. The van der Waals surface area contributed by atoms with E-state index in [1.165, 1.54) is 18.9 Å². The molecule has 96 valence electrons. The van der Waals surface area contributed by atoms with Crippen molar-refractivity contribution in [3.8, 4) is 0 Å². The van der Waals surface area contributed by atoms with Crippen molar-refractivity contribution in [2.75, 3.05) is 0 Å². The normalized spacial score (nSPS) is 16.5. The van der Waals surface area contributed by atoms with Crippen LogP contribution in [0.25, 0.3) is 0 Å². The molecule has 0 aliphatic heterocycles. The zero-order valence-corrected chi connectivity index (χ0v) is 11.2. The van der Waals surface area contributed by atoms with Crippen molar-refractivity contribution in [2.24, 2.45) is 11.7 Å². The van der Waals surface area contributed by atoms with Gasteiger partial charge in [0.1, 0.15) is 5.82 Å². The Bertz CT molecular complexity index is 347. The van der Waals surface area contributed by atoms with Gasteiger partial charge in [0, 0.05) is 5.54 Å². The fourth-order valence-corrected chi connectivity index (χ4v) is 2.58. The highest BCUT2D eigenvalue weighted by Gasteiger charge is 2.21. The molecule has 0 amide bonds. The molecule has 1 rings (SSSR count). The summed E-state index contributed by atoms with van der Waals surface area (Å²) in [6.45, 7) is 6.49. The molecule has 0 bridgehead atoms. The Morgan fingerprint density at radius 3 is 2.71 bits per heavy atom. The first-order chi connectivity index (χ1) is 7.93. The van der Waals surface area contributed by atoms with Gasteiger partial charge < -0.3 is 5.73 Å². The van der Waals surface area contributed by atoms with E-state index in [-0.39, 0.29) is 11.4 Å². The summed E-state index contributed by atoms with van der Waals surface area (Å²) < 4.78 is 13.1. The third kappa shape index (κ3) is 5.31. The van der Waals surface area contributed by atoms with Crippen LogP contribution in [-0.4, -0.2) is 5.54 Å². The van der Waals surface area contributed by atoms with Crippen molar-refractivity contribution < 1.29 is 4.39 Å². The molecular formula is C15H24FN. The van der Waals surface area contributed by atoms with E-state index >= 15 is 0 Å². The predicted octanol–water partition coefficient (Wildman–Crippen LogP) is 3.91. The Kier molecular flexibility index (Phi) is 5.13. The first-order valence-corrected chi connectivity index (χ1v) is 6.46. The number of hydrogen-bond donors (Lipinski definition) is 1. The van der Waals surface area contributed by atoms with Gasteiger partial charge >= 0.3 is 0 Å². The Labute approximate surface area is 104 Å². The van der Waals surface area contributed by atoms with Gasteiger partial charge in [-0.3, -0.25) is 0 Å². The Hall–Kier alpha value is -0.890. The van der Waals surface area contributed by atoms with E-state index < -0.39 is 0 Å². The molecule has 0 saturated carbocycles. The first-order valence-electron chi connectivity index (χ1n) is 6.46. The molecule has 0 aliphatic carbocycles. The maximum Gasteiger partial charge on any atom is 0.123 e. The highest BCUT2D eigenvalue weighted by molar-refractivity contribution is 5.18. The Balaban J connectivity index is 2.59. The van der Waals surface area contributed by atoms with Crippen LogP contribution in [0, 0.1) is 11.7 Å². The monoisotopic (exact) mass is 237 g/mol. The van der Waals surface area contributed by atoms with Gasteiger partial charge in [-0.15, -0.1) is 0 Å². The van der Waals surface area contributed by atoms with Crippen LogP contribution in [-0.2, 0) is 6.42 Å². The van der Waals surface area contributed by atoms with E-state index in [0.29, 0.717) is 5.92 Å². The lowest BCUT2D eigenvalue weighted by molar-refractivity contribution is 0.337. The molecule has 0 fully saturated rings. The topological polar surface area (TPSA) is 26.0 Å². The Morgan fingerprint density at radius 1 is 1.41 bits per heavy atom. The lowest BCUT2D eigenvalue weighted by atomic mass is 9.84. The molecular weight excluding hydrogens is 213 g/mol. The van der Waals surface area contributed by atoms with Crippen molar-refractivity contribution >= 4 is 0 Å². The molecule has 2 heteroatoms. The van der Waals surface area contributed by atoms with Crippen molar-refractivity contribution in [3.05, 3.63) is 35.6 Å². The van der Waals surface area contributed by atoms with Gasteiger partial charge in [-0.25, -0.2) is 4.39 Å². The van der Waals surface area contributed by atoms with Crippen LogP contribution in [0.3, 0.4) is 0 Å². The second kappa shape index (κ2) is 6.15. The maximum absolute atomic E-state index is 13.1. The smallest absolute Gasteiger partial charge is 0.123 e. The molecule has 0 spiro atoms. The molecule has 2 N–H and O–H groups in total. The van der Waals surface area contributed by atoms with E-state index in [0.717, 1.165) is 18.4 Å². The van der Waals surface area contributed by atoms with Gasteiger partial charge in [0.25, 0.3) is 0 Å². The second-order valence-corrected chi connectivity index (χ2v) is 5.56. The molecule has 0 aliphatic rings. The van der Waals surface area contributed by atoms with Crippen LogP contribution < -0.4 is 5.73 Å². The van der Waals surface area contributed by atoms with E-state index in [2.05, 4.69) is 20.8 Å². The summed E-state index contributed by atoms with van der Waals surface area (Å²) in [6, 6.07) is 6.74. The van der Waals surface area contributed by atoms with Crippen molar-refractivity contribution in [1.82, 2.24) is 0 Å². The summed E-state index contributed by atoms with van der Waals surface area (Å²) in [5.74, 6) is 0.448. The van der Waals surface area contributed by atoms with Crippen molar-refractivity contribution in [2.45, 2.75) is 52.0 Å². The number of nitrogens with two attached hydrogens (primary N) is 1. The minimum absolute atomic E-state index is 0.181. The van der Waals surface area contributed by atoms with Crippen molar-refractivity contribution in [3.63, 3.8) is 0 Å². The van der Waals surface area contributed by atoms with Crippen LogP contribution in [0.15, 0.2) is 24.3 Å². The highest BCUT2D eigenvalue weighted by atomic mass is 19.1. The molecule has 17 heavy (non-hydrogen) atoms. The predicted molar refractivity (Wildman–Crippen MR) is 71.4 cm³/mol. The van der Waals surface area contributed by atoms with Gasteiger partial charge in [-0.1, -0.05) is 38.8 Å². The Morgan fingerprint density at radius 2 is 2.12 bits per heavy atom. The third-order valence-electron chi connectivity index (χ3n) is 3.09. The van der Waals surface area contributed by atoms with Crippen molar-refractivity contribution in [1.29, 1.82) is 0 Å². The molecule has 2 unspecified atom stereocenters. The molecule has 2 atom stereocenters. The van der Waals surface area contributed by atoms with Gasteiger partial charge in [-0.05, 0) is 43.4 Å². The molecule has 1 aromatic rings. The number of benzene rings is 1. The summed E-state index contributed by atoms with van der Waals surface area (Å²) >= 11 is 0. The number of rotatable bonds is 6. The summed E-state index contributed by atoms with van der Waals surface area (Å²) in [4.78, 5) is 0. The number of halogens is 1. The molecule has 0 radical (unpaired) electrons. The average molecular weight is 237 g/mol. The van der Waals surface area contributed by atoms with Crippen LogP contribution >= 0.6 is 0 Å². The standard InChI is InChI=1S/C15H24FN/c1-4-6-12(2)10-15(3,17)11-13-7-5-8-14(16)9-13/h5,7-9,12H,4,6,10-11,17H2,1-3H3. The van der Waals surface area contributed by atoms with Crippen LogP contribution in [0.2, 0.25) is 0 Å². The quantitative estimate of drug-likeness (QED) is 0.797. The maximum atomic E-state index is 13.1.